The molecule has 0 atom stereocenters. The fourth-order valence-electron chi connectivity index (χ4n) is 22.5. The highest BCUT2D eigenvalue weighted by Gasteiger charge is 2.52. The molecule has 0 radical (unpaired) electrons. The summed E-state index contributed by atoms with van der Waals surface area (Å²) >= 11 is 0. The zero-order valence-electron chi connectivity index (χ0n) is 82.2. The molecule has 6 heterocycles. The first-order chi connectivity index (χ1) is 73.3. The van der Waals surface area contributed by atoms with E-state index in [-0.39, 0.29) is 16.2 Å². The SMILES string of the molecule is CC1(C)c2cc(-c3cccc(-c4nc(-c5ccccc5)nc(-c5ccc(-c6ccccc6)nc5)n4)c3)ccc2-c2ccc3ccccc3c21.CC1(C)c2ccccc2-c2cc(-c3cccc(-c4nc(-c5ccccc5)nc(-c5ccc(-c6ccccn6)cc5)n4)c3)ccc21.c1ccc(-c2nc(-c3ccc(-c4ccncc4)cc3)nc(-c3cccc(-c4ccc5c(c4)-c4ccccc4C54c5ccccc5-c5ccccc54)c3)n2)cc1. The predicted molar refractivity (Wildman–Crippen MR) is 603 cm³/mol. The standard InChI is InChI=1S/C51H32N4.C45H32N4.C41H30N4/c1-2-11-35(12-3-1)48-53-49(36-23-21-33(22-24-36)34-27-29-52-30-28-34)55-50(54-48)39-14-10-13-37(31-39)38-25-26-47-43(32-38)42-17-6-9-20-46(42)51(47)44-18-7-4-15-40(44)41-16-5-8-19-45(41)51;1-45(2)39-27-33(21-23-37(39)38-24-20-29-12-9-10-19-36(29)41(38)45)32-17-11-18-34(26-32)43-47-42(31-15-7-4-8-16-31)48-44(49-43)35-22-25-40(46-28-35)30-13-5-3-6-14-30;1-41(2)35-16-7-6-15-33(35)34-26-31(22-23-36(34)41)30-13-10-14-32(25-30)40-44-38(28-11-4-3-5-12-28)43-39(45-40)29-20-18-27(19-21-29)37-17-8-9-24-42-37/h1-32H;3-28H,1-2H3;3-26H,1-2H3. The molecule has 0 bridgehead atoms. The van der Waals surface area contributed by atoms with E-state index in [2.05, 4.69) is 359 Å². The predicted octanol–water partition coefficient (Wildman–Crippen LogP) is 32.9. The molecule has 6 aromatic heterocycles. The highest BCUT2D eigenvalue weighted by atomic mass is 15.1. The second-order valence-electron chi connectivity index (χ2n) is 39.3. The minimum atomic E-state index is -0.356. The van der Waals surface area contributed by atoms with Crippen LogP contribution < -0.4 is 0 Å². The number of fused-ring (bicyclic) bond motifs is 18. The van der Waals surface area contributed by atoms with Crippen LogP contribution in [0.1, 0.15) is 72.2 Å². The van der Waals surface area contributed by atoms with Crippen LogP contribution in [0.15, 0.2) is 498 Å². The van der Waals surface area contributed by atoms with Gasteiger partial charge in [0.15, 0.2) is 52.4 Å². The Morgan fingerprint density at radius 3 is 0.953 bits per heavy atom. The molecule has 1 spiro atoms. The van der Waals surface area contributed by atoms with E-state index in [0.29, 0.717) is 52.4 Å². The quantitative estimate of drug-likeness (QED) is 0.0959. The van der Waals surface area contributed by atoms with E-state index in [1.807, 2.05) is 176 Å². The molecule has 702 valence electrons. The summed E-state index contributed by atoms with van der Waals surface area (Å²) in [6.45, 7) is 9.32. The zero-order chi connectivity index (χ0) is 99.7. The monoisotopic (exact) mass is 1910 g/mol. The highest BCUT2D eigenvalue weighted by molar-refractivity contribution is 6.00. The first-order valence-corrected chi connectivity index (χ1v) is 50.5. The summed E-state index contributed by atoms with van der Waals surface area (Å²) in [7, 11) is 0. The molecule has 4 aliphatic rings. The maximum absolute atomic E-state index is 5.08. The van der Waals surface area contributed by atoms with Crippen LogP contribution in [0.25, 0.3) is 225 Å². The highest BCUT2D eigenvalue weighted by Crippen LogP contribution is 2.64. The van der Waals surface area contributed by atoms with E-state index in [1.165, 1.54) is 111 Å². The lowest BCUT2D eigenvalue weighted by atomic mass is 9.70. The van der Waals surface area contributed by atoms with Crippen molar-refractivity contribution in [1.29, 1.82) is 0 Å². The molecule has 0 saturated carbocycles. The van der Waals surface area contributed by atoms with Crippen molar-refractivity contribution in [2.24, 2.45) is 0 Å². The van der Waals surface area contributed by atoms with Crippen LogP contribution in [0.3, 0.4) is 0 Å². The van der Waals surface area contributed by atoms with Crippen LogP contribution in [-0.2, 0) is 16.2 Å². The summed E-state index contributed by atoms with van der Waals surface area (Å²) in [6, 6.07) is 166. The molecule has 0 unspecified atom stereocenters. The van der Waals surface area contributed by atoms with Crippen molar-refractivity contribution in [3.63, 3.8) is 0 Å². The summed E-state index contributed by atoms with van der Waals surface area (Å²) < 4.78 is 0. The second-order valence-corrected chi connectivity index (χ2v) is 39.3. The van der Waals surface area contributed by atoms with E-state index in [4.69, 9.17) is 49.8 Å². The maximum atomic E-state index is 5.08. The van der Waals surface area contributed by atoms with Gasteiger partial charge in [-0.05, 0) is 217 Å². The van der Waals surface area contributed by atoms with Gasteiger partial charge in [0.1, 0.15) is 0 Å². The third-order valence-corrected chi connectivity index (χ3v) is 29.8. The summed E-state index contributed by atoms with van der Waals surface area (Å²) in [5.74, 6) is 5.66. The molecule has 0 N–H and O–H groups in total. The largest absolute Gasteiger partial charge is 0.265 e. The van der Waals surface area contributed by atoms with Gasteiger partial charge in [0.2, 0.25) is 0 Å². The minimum Gasteiger partial charge on any atom is -0.265 e. The second kappa shape index (κ2) is 37.5. The van der Waals surface area contributed by atoms with Gasteiger partial charge in [-0.25, -0.2) is 44.9 Å². The van der Waals surface area contributed by atoms with E-state index < -0.39 is 0 Å². The molecule has 4 aliphatic carbocycles. The van der Waals surface area contributed by atoms with Gasteiger partial charge >= 0.3 is 0 Å². The van der Waals surface area contributed by atoms with Crippen LogP contribution in [0.2, 0.25) is 0 Å². The van der Waals surface area contributed by atoms with Crippen LogP contribution in [0.5, 0.6) is 0 Å². The van der Waals surface area contributed by atoms with E-state index in [9.17, 15) is 0 Å². The Kier molecular flexibility index (Phi) is 22.6. The summed E-state index contributed by atoms with van der Waals surface area (Å²) in [6.07, 6.45) is 7.28. The number of hydrogen-bond donors (Lipinski definition) is 0. The first-order valence-electron chi connectivity index (χ1n) is 50.5. The Morgan fingerprint density at radius 1 is 0.161 bits per heavy atom. The molecule has 24 aromatic rings. The van der Waals surface area contributed by atoms with Crippen molar-refractivity contribution >= 4 is 10.8 Å². The van der Waals surface area contributed by atoms with Crippen molar-refractivity contribution in [1.82, 2.24) is 59.8 Å². The van der Waals surface area contributed by atoms with Crippen LogP contribution in [0, 0.1) is 0 Å². The van der Waals surface area contributed by atoms with Gasteiger partial charge < -0.3 is 0 Å². The Bertz CT molecular complexity index is 9240. The summed E-state index contributed by atoms with van der Waals surface area (Å²) in [4.78, 5) is 58.3. The van der Waals surface area contributed by atoms with Crippen LogP contribution >= 0.6 is 0 Å². The van der Waals surface area contributed by atoms with Crippen molar-refractivity contribution in [2.75, 3.05) is 0 Å². The molecular weight excluding hydrogens is 1810 g/mol. The van der Waals surface area contributed by atoms with Crippen LogP contribution in [-0.4, -0.2) is 59.8 Å². The van der Waals surface area contributed by atoms with E-state index in [1.54, 1.807) is 0 Å². The molecule has 28 rings (SSSR count). The summed E-state index contributed by atoms with van der Waals surface area (Å²) in [5, 5.41) is 2.61. The first kappa shape index (κ1) is 89.8. The molecule has 149 heavy (non-hydrogen) atoms. The zero-order valence-corrected chi connectivity index (χ0v) is 82.2. The molecular formula is C137H94N12. The third-order valence-electron chi connectivity index (χ3n) is 29.8. The Labute approximate surface area is 865 Å². The molecule has 12 nitrogen and oxygen atoms in total. The maximum Gasteiger partial charge on any atom is 0.165 e. The van der Waals surface area contributed by atoms with Crippen molar-refractivity contribution in [3.8, 4) is 214 Å². The average molecular weight is 1910 g/mol. The minimum absolute atomic E-state index is 0.0166. The smallest absolute Gasteiger partial charge is 0.165 e. The molecule has 18 aromatic carbocycles. The Hall–Kier alpha value is -19.3. The van der Waals surface area contributed by atoms with Crippen molar-refractivity contribution in [3.05, 3.63) is 542 Å². The van der Waals surface area contributed by atoms with Crippen molar-refractivity contribution < 1.29 is 0 Å². The average Bonchev–Trinajstić information content (AvgIpc) is 1.51. The number of rotatable bonds is 15. The van der Waals surface area contributed by atoms with Gasteiger partial charge in [0.05, 0.1) is 16.8 Å². The number of hydrogen-bond acceptors (Lipinski definition) is 12. The summed E-state index contributed by atoms with van der Waals surface area (Å²) in [5.41, 5.74) is 42.2. The number of nitrogens with zero attached hydrogens (tertiary/aromatic N) is 12. The van der Waals surface area contributed by atoms with Gasteiger partial charge in [-0.2, -0.15) is 0 Å². The van der Waals surface area contributed by atoms with Crippen LogP contribution in [0.4, 0.5) is 0 Å². The Balaban J connectivity index is 0.000000114. The van der Waals surface area contributed by atoms with Crippen molar-refractivity contribution in [2.45, 2.75) is 43.9 Å². The molecule has 0 amide bonds. The van der Waals surface area contributed by atoms with E-state index >= 15 is 0 Å². The molecule has 0 aliphatic heterocycles. The third kappa shape index (κ3) is 16.3. The fraction of sp³-hybridized carbons (Fsp3) is 0.0511. The van der Waals surface area contributed by atoms with Gasteiger partial charge in [-0.3, -0.25) is 15.0 Å². The van der Waals surface area contributed by atoms with Gasteiger partial charge in [0, 0.05) is 96.8 Å². The van der Waals surface area contributed by atoms with Gasteiger partial charge in [-0.1, -0.05) is 428 Å². The fourth-order valence-corrected chi connectivity index (χ4v) is 22.5. The number of pyridine rings is 3. The molecule has 0 fully saturated rings. The van der Waals surface area contributed by atoms with Gasteiger partial charge in [-0.15, -0.1) is 0 Å². The van der Waals surface area contributed by atoms with Gasteiger partial charge in [0.25, 0.3) is 0 Å². The topological polar surface area (TPSA) is 155 Å². The molecule has 0 saturated heterocycles. The number of aromatic nitrogens is 12. The lowest BCUT2D eigenvalue weighted by Crippen LogP contribution is -2.25. The lowest BCUT2D eigenvalue weighted by Gasteiger charge is -2.30. The van der Waals surface area contributed by atoms with E-state index in [0.717, 1.165) is 106 Å². The Morgan fingerprint density at radius 2 is 0.470 bits per heavy atom. The number of benzene rings is 18. The molecule has 12 heteroatoms. The lowest BCUT2D eigenvalue weighted by molar-refractivity contribution is 0.660. The normalized spacial score (nSPS) is 12.9.